The molecule has 0 radical (unpaired) electrons. The summed E-state index contributed by atoms with van der Waals surface area (Å²) in [5.74, 6) is -1.76. The third-order valence-electron chi connectivity index (χ3n) is 7.60. The van der Waals surface area contributed by atoms with Crippen LogP contribution < -0.4 is 4.90 Å². The lowest BCUT2D eigenvalue weighted by Gasteiger charge is -2.28. The first-order valence-electron chi connectivity index (χ1n) is 13.0. The highest BCUT2D eigenvalue weighted by Crippen LogP contribution is 2.45. The van der Waals surface area contributed by atoms with Crippen molar-refractivity contribution in [3.05, 3.63) is 101 Å². The molecule has 1 aliphatic carbocycles. The molecule has 0 spiro atoms. The van der Waals surface area contributed by atoms with E-state index in [1.165, 1.54) is 22.6 Å². The van der Waals surface area contributed by atoms with E-state index < -0.39 is 12.1 Å². The van der Waals surface area contributed by atoms with Crippen molar-refractivity contribution in [2.45, 2.75) is 37.7 Å². The Morgan fingerprint density at radius 3 is 2.15 bits per heavy atom. The molecule has 39 heavy (non-hydrogen) atoms. The topological polar surface area (TPSA) is 80.8 Å². The number of Topliss-reactive ketones (excluding diaryl/α,β-unsaturated/α-hetero) is 1. The first-order valence-corrected chi connectivity index (χ1v) is 13.9. The lowest BCUT2D eigenvalue weighted by Crippen LogP contribution is -2.31. The molecule has 8 heteroatoms. The molecule has 5 rings (SSSR count). The van der Waals surface area contributed by atoms with Crippen LogP contribution in [0, 0.1) is 11.8 Å². The number of anilines is 1. The van der Waals surface area contributed by atoms with E-state index in [1.807, 2.05) is 18.2 Å². The third kappa shape index (κ3) is 5.63. The number of fused-ring (bicyclic) bond motifs is 1. The highest BCUT2D eigenvalue weighted by atomic mass is 35.5. The molecule has 1 heterocycles. The second kappa shape index (κ2) is 11.7. The fourth-order valence-corrected chi connectivity index (χ4v) is 5.87. The van der Waals surface area contributed by atoms with E-state index in [0.717, 1.165) is 6.42 Å². The zero-order chi connectivity index (χ0) is 27.5. The Hall–Kier alpha value is -3.48. The van der Waals surface area contributed by atoms with Gasteiger partial charge in [0.05, 0.1) is 23.1 Å². The van der Waals surface area contributed by atoms with Gasteiger partial charge in [0.15, 0.2) is 6.10 Å². The van der Waals surface area contributed by atoms with Gasteiger partial charge in [-0.05, 0) is 79.3 Å². The van der Waals surface area contributed by atoms with Crippen molar-refractivity contribution in [2.24, 2.45) is 11.8 Å². The second-order valence-electron chi connectivity index (χ2n) is 9.94. The number of ketones is 1. The van der Waals surface area contributed by atoms with Gasteiger partial charge in [0.25, 0.3) is 0 Å². The van der Waals surface area contributed by atoms with Gasteiger partial charge in [-0.2, -0.15) is 0 Å². The number of nitrogens with zero attached hydrogens (tertiary/aromatic N) is 1. The maximum absolute atomic E-state index is 13.3. The van der Waals surface area contributed by atoms with Crippen molar-refractivity contribution in [2.75, 3.05) is 10.8 Å². The molecular formula is C31H27Cl2NO5. The molecule has 2 amide bonds. The van der Waals surface area contributed by atoms with Gasteiger partial charge in [0.2, 0.25) is 17.6 Å². The molecule has 0 bridgehead atoms. The van der Waals surface area contributed by atoms with E-state index in [0.29, 0.717) is 29.1 Å². The standard InChI is InChI=1S/C31H27Cl2NO5/c32-17-16-27(28(35)20-6-11-23(33)12-7-20)39-31(38)21-8-13-24(14-9-21)34-29(36)25-15-10-22(18-26(25)30(34)37)19-4-2-1-3-5-19/h1-9,11-14,22,25-27H,10,15-18H2. The Balaban J connectivity index is 1.27. The number of benzene rings is 3. The maximum atomic E-state index is 13.3. The van der Waals surface area contributed by atoms with Crippen molar-refractivity contribution in [3.8, 4) is 0 Å². The number of hydrogen-bond donors (Lipinski definition) is 0. The van der Waals surface area contributed by atoms with E-state index in [-0.39, 0.29) is 53.2 Å². The summed E-state index contributed by atoms with van der Waals surface area (Å²) in [6.45, 7) is 0. The number of amides is 2. The van der Waals surface area contributed by atoms with Gasteiger partial charge in [-0.3, -0.25) is 19.3 Å². The van der Waals surface area contributed by atoms with Crippen LogP contribution in [0.4, 0.5) is 5.69 Å². The fraction of sp³-hybridized carbons (Fsp3) is 0.290. The number of halogens is 2. The zero-order valence-electron chi connectivity index (χ0n) is 21.1. The Kier molecular flexibility index (Phi) is 8.15. The average molecular weight is 564 g/mol. The molecular weight excluding hydrogens is 537 g/mol. The van der Waals surface area contributed by atoms with Gasteiger partial charge in [-0.15, -0.1) is 11.6 Å². The van der Waals surface area contributed by atoms with Gasteiger partial charge in [0.1, 0.15) is 0 Å². The molecule has 1 saturated heterocycles. The van der Waals surface area contributed by atoms with E-state index in [2.05, 4.69) is 12.1 Å². The minimum atomic E-state index is -1.06. The lowest BCUT2D eigenvalue weighted by molar-refractivity contribution is -0.122. The first-order chi connectivity index (χ1) is 18.9. The highest BCUT2D eigenvalue weighted by molar-refractivity contribution is 6.30. The fourth-order valence-electron chi connectivity index (χ4n) is 5.55. The van der Waals surface area contributed by atoms with Crippen LogP contribution in [0.5, 0.6) is 0 Å². The van der Waals surface area contributed by atoms with Crippen LogP contribution in [0.2, 0.25) is 5.02 Å². The average Bonchev–Trinajstić information content (AvgIpc) is 3.22. The Morgan fingerprint density at radius 2 is 1.49 bits per heavy atom. The Morgan fingerprint density at radius 1 is 0.846 bits per heavy atom. The summed E-state index contributed by atoms with van der Waals surface area (Å²) in [6.07, 6.45) is 1.26. The molecule has 4 unspecified atom stereocenters. The van der Waals surface area contributed by atoms with Crippen molar-refractivity contribution >= 4 is 52.5 Å². The van der Waals surface area contributed by atoms with E-state index in [4.69, 9.17) is 27.9 Å². The number of ether oxygens (including phenoxy) is 1. The third-order valence-corrected chi connectivity index (χ3v) is 8.07. The van der Waals surface area contributed by atoms with Crippen molar-refractivity contribution < 1.29 is 23.9 Å². The van der Waals surface area contributed by atoms with Gasteiger partial charge >= 0.3 is 5.97 Å². The van der Waals surface area contributed by atoms with Crippen LogP contribution >= 0.6 is 23.2 Å². The van der Waals surface area contributed by atoms with Crippen LogP contribution in [0.25, 0.3) is 0 Å². The summed E-state index contributed by atoms with van der Waals surface area (Å²) in [7, 11) is 0. The van der Waals surface area contributed by atoms with Crippen LogP contribution in [-0.2, 0) is 14.3 Å². The molecule has 1 saturated carbocycles. The zero-order valence-corrected chi connectivity index (χ0v) is 22.6. The molecule has 200 valence electrons. The summed E-state index contributed by atoms with van der Waals surface area (Å²) in [5.41, 5.74) is 2.17. The molecule has 3 aromatic carbocycles. The van der Waals surface area contributed by atoms with Crippen molar-refractivity contribution in [1.82, 2.24) is 0 Å². The minimum absolute atomic E-state index is 0.128. The van der Waals surface area contributed by atoms with Gasteiger partial charge in [-0.25, -0.2) is 4.79 Å². The van der Waals surface area contributed by atoms with Gasteiger partial charge in [-0.1, -0.05) is 41.9 Å². The van der Waals surface area contributed by atoms with E-state index in [1.54, 1.807) is 36.4 Å². The molecule has 0 N–H and O–H groups in total. The molecule has 4 atom stereocenters. The monoisotopic (exact) mass is 563 g/mol. The van der Waals surface area contributed by atoms with Gasteiger partial charge < -0.3 is 4.74 Å². The summed E-state index contributed by atoms with van der Waals surface area (Å²) < 4.78 is 5.51. The van der Waals surface area contributed by atoms with Crippen LogP contribution in [0.1, 0.15) is 57.9 Å². The molecule has 3 aromatic rings. The van der Waals surface area contributed by atoms with Crippen LogP contribution in [0.3, 0.4) is 0 Å². The smallest absolute Gasteiger partial charge is 0.338 e. The number of esters is 1. The first kappa shape index (κ1) is 27.1. The largest absolute Gasteiger partial charge is 0.450 e. The lowest BCUT2D eigenvalue weighted by atomic mass is 9.73. The summed E-state index contributed by atoms with van der Waals surface area (Å²) >= 11 is 11.8. The quantitative estimate of drug-likeness (QED) is 0.136. The summed E-state index contributed by atoms with van der Waals surface area (Å²) in [6, 6.07) is 22.5. The summed E-state index contributed by atoms with van der Waals surface area (Å²) in [4.78, 5) is 53.6. The number of carbonyl (C=O) groups is 4. The number of hydrogen-bond acceptors (Lipinski definition) is 5. The molecule has 6 nitrogen and oxygen atoms in total. The molecule has 0 aromatic heterocycles. The van der Waals surface area contributed by atoms with E-state index >= 15 is 0 Å². The number of rotatable bonds is 8. The molecule has 2 aliphatic rings. The van der Waals surface area contributed by atoms with Crippen molar-refractivity contribution in [1.29, 1.82) is 0 Å². The highest BCUT2D eigenvalue weighted by Gasteiger charge is 2.50. The number of carbonyl (C=O) groups excluding carboxylic acids is 4. The molecule has 1 aliphatic heterocycles. The van der Waals surface area contributed by atoms with Crippen molar-refractivity contribution in [3.63, 3.8) is 0 Å². The number of alkyl halides is 1. The predicted molar refractivity (Wildman–Crippen MR) is 149 cm³/mol. The van der Waals surface area contributed by atoms with Crippen LogP contribution in [0.15, 0.2) is 78.9 Å². The predicted octanol–water partition coefficient (Wildman–Crippen LogP) is 6.45. The second-order valence-corrected chi connectivity index (χ2v) is 10.7. The van der Waals surface area contributed by atoms with E-state index in [9.17, 15) is 19.2 Å². The normalized spacial score (nSPS) is 21.4. The SMILES string of the molecule is O=C(OC(CCCl)C(=O)c1ccc(Cl)cc1)c1ccc(N2C(=O)C3CCC(c4ccccc4)CC3C2=O)cc1. The molecule has 2 fully saturated rings. The summed E-state index contributed by atoms with van der Waals surface area (Å²) in [5, 5.41) is 0.489. The number of imide groups is 1. The minimum Gasteiger partial charge on any atom is -0.450 e. The van der Waals surface area contributed by atoms with Gasteiger partial charge in [0, 0.05) is 22.9 Å². The Bertz CT molecular complexity index is 1370. The Labute approximate surface area is 236 Å². The maximum Gasteiger partial charge on any atom is 0.338 e. The van der Waals surface area contributed by atoms with Crippen LogP contribution in [-0.4, -0.2) is 35.6 Å².